The van der Waals surface area contributed by atoms with Crippen molar-refractivity contribution in [3.8, 4) is 0 Å². The van der Waals surface area contributed by atoms with Crippen molar-refractivity contribution in [2.24, 2.45) is 10.9 Å². The average Bonchev–Trinajstić information content (AvgIpc) is 2.65. The Kier molecular flexibility index (Phi) is 4.04. The summed E-state index contributed by atoms with van der Waals surface area (Å²) in [5, 5.41) is 15.3. The van der Waals surface area contributed by atoms with E-state index in [-0.39, 0.29) is 11.7 Å². The van der Waals surface area contributed by atoms with Gasteiger partial charge in [0.2, 0.25) is 11.7 Å². The van der Waals surface area contributed by atoms with Crippen LogP contribution in [0.2, 0.25) is 0 Å². The predicted octanol–water partition coefficient (Wildman–Crippen LogP) is -0.676. The number of hydrogen-bond donors (Lipinski definition) is 2. The van der Waals surface area contributed by atoms with Gasteiger partial charge in [-0.3, -0.25) is 4.68 Å². The summed E-state index contributed by atoms with van der Waals surface area (Å²) >= 11 is 0. The maximum absolute atomic E-state index is 8.41. The molecule has 0 aliphatic rings. The van der Waals surface area contributed by atoms with Crippen LogP contribution in [0.5, 0.6) is 0 Å². The number of amidine groups is 1. The first-order chi connectivity index (χ1) is 7.13. The molecule has 0 spiro atoms. The van der Waals surface area contributed by atoms with Crippen molar-refractivity contribution in [3.05, 3.63) is 12.2 Å². The Morgan fingerprint density at radius 3 is 3.00 bits per heavy atom. The summed E-state index contributed by atoms with van der Waals surface area (Å²) in [6.07, 6.45) is 2.55. The van der Waals surface area contributed by atoms with Crippen LogP contribution in [0, 0.1) is 0 Å². The van der Waals surface area contributed by atoms with Gasteiger partial charge in [0.05, 0.1) is 0 Å². The van der Waals surface area contributed by atoms with E-state index >= 15 is 0 Å². The zero-order valence-electron chi connectivity index (χ0n) is 8.96. The molecule has 0 aliphatic heterocycles. The second-order valence-electron chi connectivity index (χ2n) is 3.47. The minimum absolute atomic E-state index is 0.0682. The van der Waals surface area contributed by atoms with E-state index in [1.807, 2.05) is 14.1 Å². The summed E-state index contributed by atoms with van der Waals surface area (Å²) in [5.41, 5.74) is 5.34. The van der Waals surface area contributed by atoms with E-state index in [2.05, 4.69) is 20.1 Å². The lowest BCUT2D eigenvalue weighted by Gasteiger charge is -2.08. The van der Waals surface area contributed by atoms with Gasteiger partial charge in [0.1, 0.15) is 6.33 Å². The van der Waals surface area contributed by atoms with Crippen molar-refractivity contribution in [1.82, 2.24) is 19.7 Å². The third kappa shape index (κ3) is 3.55. The van der Waals surface area contributed by atoms with Gasteiger partial charge >= 0.3 is 0 Å². The summed E-state index contributed by atoms with van der Waals surface area (Å²) in [7, 11) is 4.03. The molecular formula is C8H16N6O. The second-order valence-corrected chi connectivity index (χ2v) is 3.47. The molecule has 0 atom stereocenters. The molecule has 0 saturated carbocycles. The largest absolute Gasteiger partial charge is 0.409 e. The number of hydrogen-bond acceptors (Lipinski definition) is 5. The number of aromatic nitrogens is 3. The molecule has 0 aliphatic carbocycles. The Hall–Kier alpha value is -1.63. The lowest BCUT2D eigenvalue weighted by Crippen LogP contribution is -2.17. The van der Waals surface area contributed by atoms with Gasteiger partial charge in [-0.1, -0.05) is 5.16 Å². The molecule has 0 amide bonds. The van der Waals surface area contributed by atoms with Gasteiger partial charge < -0.3 is 15.8 Å². The highest BCUT2D eigenvalue weighted by Gasteiger charge is 2.05. The van der Waals surface area contributed by atoms with Gasteiger partial charge in [-0.05, 0) is 27.1 Å². The molecule has 0 radical (unpaired) electrons. The summed E-state index contributed by atoms with van der Waals surface area (Å²) in [5.74, 6) is 0.184. The fourth-order valence-corrected chi connectivity index (χ4v) is 1.11. The molecule has 3 N–H and O–H groups in total. The molecule has 7 nitrogen and oxygen atoms in total. The zero-order chi connectivity index (χ0) is 11.3. The second kappa shape index (κ2) is 5.30. The summed E-state index contributed by atoms with van der Waals surface area (Å²) < 4.78 is 1.68. The molecule has 1 aromatic rings. The Balaban J connectivity index is 2.46. The van der Waals surface area contributed by atoms with E-state index in [1.54, 1.807) is 11.0 Å². The van der Waals surface area contributed by atoms with Crippen LogP contribution in [0.15, 0.2) is 11.5 Å². The smallest absolute Gasteiger partial charge is 0.219 e. The van der Waals surface area contributed by atoms with E-state index in [0.29, 0.717) is 0 Å². The molecule has 84 valence electrons. The van der Waals surface area contributed by atoms with Gasteiger partial charge in [-0.25, -0.2) is 4.98 Å². The highest BCUT2D eigenvalue weighted by molar-refractivity contribution is 5.93. The first-order valence-electron chi connectivity index (χ1n) is 4.65. The van der Waals surface area contributed by atoms with Crippen LogP contribution >= 0.6 is 0 Å². The van der Waals surface area contributed by atoms with E-state index in [0.717, 1.165) is 19.5 Å². The van der Waals surface area contributed by atoms with E-state index in [4.69, 9.17) is 10.9 Å². The molecule has 0 unspecified atom stereocenters. The zero-order valence-corrected chi connectivity index (χ0v) is 8.96. The normalized spacial score (nSPS) is 12.3. The van der Waals surface area contributed by atoms with Gasteiger partial charge in [0.25, 0.3) is 0 Å². The monoisotopic (exact) mass is 212 g/mol. The molecule has 0 bridgehead atoms. The van der Waals surface area contributed by atoms with Crippen molar-refractivity contribution in [3.63, 3.8) is 0 Å². The SMILES string of the molecule is CN(C)CCCn1cnc(C(N)=NO)n1. The molecule has 0 fully saturated rings. The molecular weight excluding hydrogens is 196 g/mol. The van der Waals surface area contributed by atoms with Crippen LogP contribution in [-0.4, -0.2) is 51.3 Å². The highest BCUT2D eigenvalue weighted by atomic mass is 16.4. The van der Waals surface area contributed by atoms with Crippen molar-refractivity contribution in [2.75, 3.05) is 20.6 Å². The minimum atomic E-state index is -0.0682. The van der Waals surface area contributed by atoms with Gasteiger partial charge in [0, 0.05) is 6.54 Å². The van der Waals surface area contributed by atoms with Gasteiger partial charge in [-0.2, -0.15) is 0 Å². The van der Waals surface area contributed by atoms with Crippen LogP contribution in [0.3, 0.4) is 0 Å². The third-order valence-corrected chi connectivity index (χ3v) is 1.87. The Bertz CT molecular complexity index is 332. The molecule has 1 heterocycles. The Morgan fingerprint density at radius 1 is 1.67 bits per heavy atom. The van der Waals surface area contributed by atoms with Crippen molar-refractivity contribution in [1.29, 1.82) is 0 Å². The number of oxime groups is 1. The Morgan fingerprint density at radius 2 is 2.40 bits per heavy atom. The topological polar surface area (TPSA) is 92.6 Å². The molecule has 0 aromatic carbocycles. The molecule has 1 rings (SSSR count). The number of nitrogens with zero attached hydrogens (tertiary/aromatic N) is 5. The van der Waals surface area contributed by atoms with Gasteiger partial charge in [-0.15, -0.1) is 5.10 Å². The summed E-state index contributed by atoms with van der Waals surface area (Å²) in [4.78, 5) is 6.01. The number of aryl methyl sites for hydroxylation is 1. The first kappa shape index (κ1) is 11.4. The number of rotatable bonds is 5. The lowest BCUT2D eigenvalue weighted by atomic mass is 10.4. The van der Waals surface area contributed by atoms with Crippen molar-refractivity contribution >= 4 is 5.84 Å². The maximum atomic E-state index is 8.41. The quantitative estimate of drug-likeness (QED) is 0.292. The average molecular weight is 212 g/mol. The molecule has 0 saturated heterocycles. The predicted molar refractivity (Wildman–Crippen MR) is 55.7 cm³/mol. The van der Waals surface area contributed by atoms with Crippen molar-refractivity contribution < 1.29 is 5.21 Å². The Labute approximate surface area is 88.2 Å². The van der Waals surface area contributed by atoms with Gasteiger partial charge in [0.15, 0.2) is 0 Å². The fraction of sp³-hybridized carbons (Fsp3) is 0.625. The lowest BCUT2D eigenvalue weighted by molar-refractivity contribution is 0.318. The molecule has 7 heteroatoms. The van der Waals surface area contributed by atoms with Crippen LogP contribution in [0.1, 0.15) is 12.2 Å². The summed E-state index contributed by atoms with van der Waals surface area (Å²) in [6, 6.07) is 0. The number of nitrogens with two attached hydrogens (primary N) is 1. The van der Waals surface area contributed by atoms with Crippen LogP contribution in [-0.2, 0) is 6.54 Å². The first-order valence-corrected chi connectivity index (χ1v) is 4.65. The third-order valence-electron chi connectivity index (χ3n) is 1.87. The maximum Gasteiger partial charge on any atom is 0.219 e. The van der Waals surface area contributed by atoms with E-state index < -0.39 is 0 Å². The minimum Gasteiger partial charge on any atom is -0.409 e. The van der Waals surface area contributed by atoms with Crippen LogP contribution in [0.25, 0.3) is 0 Å². The van der Waals surface area contributed by atoms with E-state index in [1.165, 1.54) is 0 Å². The standard InChI is InChI=1S/C8H16N6O/c1-13(2)4-3-5-14-6-10-8(11-14)7(9)12-15/h6,15H,3-5H2,1-2H3,(H2,9,12). The van der Waals surface area contributed by atoms with E-state index in [9.17, 15) is 0 Å². The highest BCUT2D eigenvalue weighted by Crippen LogP contribution is 1.93. The van der Waals surface area contributed by atoms with Crippen molar-refractivity contribution in [2.45, 2.75) is 13.0 Å². The molecule has 15 heavy (non-hydrogen) atoms. The fourth-order valence-electron chi connectivity index (χ4n) is 1.11. The van der Waals surface area contributed by atoms with Crippen LogP contribution < -0.4 is 5.73 Å². The van der Waals surface area contributed by atoms with Crippen LogP contribution in [0.4, 0.5) is 0 Å². The summed E-state index contributed by atoms with van der Waals surface area (Å²) in [6.45, 7) is 1.75. The molecule has 1 aromatic heterocycles.